The fraction of sp³-hybridized carbons (Fsp3) is 0.462. The maximum Gasteiger partial charge on any atom is 0.335 e. The number of aliphatic hydroxyl groups is 1. The molecule has 1 saturated heterocycles. The summed E-state index contributed by atoms with van der Waals surface area (Å²) < 4.78 is 26.2. The zero-order valence-electron chi connectivity index (χ0n) is 11.1. The molecule has 1 fully saturated rings. The fourth-order valence-corrected chi connectivity index (χ4v) is 3.79. The average Bonchev–Trinajstić information content (AvgIpc) is 2.41. The predicted octanol–water partition coefficient (Wildman–Crippen LogP) is 0.776. The van der Waals surface area contributed by atoms with Gasteiger partial charge in [0.15, 0.2) is 0 Å². The number of carbonyl (C=O) groups is 1. The van der Waals surface area contributed by atoms with Crippen molar-refractivity contribution in [3.8, 4) is 0 Å². The minimum atomic E-state index is -3.63. The largest absolute Gasteiger partial charge is 0.478 e. The lowest BCUT2D eigenvalue weighted by atomic mass is 9.99. The lowest BCUT2D eigenvalue weighted by Gasteiger charge is -2.33. The molecule has 2 N–H and O–H groups in total. The smallest absolute Gasteiger partial charge is 0.335 e. The number of hydrogen-bond acceptors (Lipinski definition) is 4. The van der Waals surface area contributed by atoms with Gasteiger partial charge in [-0.2, -0.15) is 4.31 Å². The number of rotatable bonds is 3. The maximum absolute atomic E-state index is 12.4. The van der Waals surface area contributed by atoms with Crippen molar-refractivity contribution >= 4 is 16.0 Å². The van der Waals surface area contributed by atoms with E-state index in [0.29, 0.717) is 6.42 Å². The van der Waals surface area contributed by atoms with Crippen molar-refractivity contribution in [3.05, 3.63) is 29.8 Å². The minimum absolute atomic E-state index is 0.0476. The Labute approximate surface area is 117 Å². The molecule has 1 aromatic rings. The molecule has 2 unspecified atom stereocenters. The summed E-state index contributed by atoms with van der Waals surface area (Å²) in [4.78, 5) is 10.8. The molecular formula is C13H17NO5S. The number of nitrogens with zero attached hydrogens (tertiary/aromatic N) is 1. The molecule has 7 heteroatoms. The Kier molecular flexibility index (Phi) is 4.12. The number of carboxylic acid groups (broad SMARTS) is 1. The molecule has 6 nitrogen and oxygen atoms in total. The van der Waals surface area contributed by atoms with E-state index in [-0.39, 0.29) is 29.5 Å². The summed E-state index contributed by atoms with van der Waals surface area (Å²) in [6.45, 7) is 2.35. The molecule has 1 aromatic carbocycles. The Morgan fingerprint density at radius 2 is 1.90 bits per heavy atom. The Morgan fingerprint density at radius 1 is 1.30 bits per heavy atom. The van der Waals surface area contributed by atoms with Crippen LogP contribution in [0, 0.1) is 5.92 Å². The summed E-state index contributed by atoms with van der Waals surface area (Å²) >= 11 is 0. The van der Waals surface area contributed by atoms with Gasteiger partial charge in [-0.25, -0.2) is 13.2 Å². The Hall–Kier alpha value is -1.44. The highest BCUT2D eigenvalue weighted by Gasteiger charge is 2.32. The van der Waals surface area contributed by atoms with E-state index in [2.05, 4.69) is 0 Å². The zero-order chi connectivity index (χ0) is 14.9. The fourth-order valence-electron chi connectivity index (χ4n) is 2.23. The molecule has 0 bridgehead atoms. The van der Waals surface area contributed by atoms with Gasteiger partial charge in [0.2, 0.25) is 10.0 Å². The summed E-state index contributed by atoms with van der Waals surface area (Å²) in [6.07, 6.45) is -0.0658. The third kappa shape index (κ3) is 2.84. The molecule has 0 spiro atoms. The van der Waals surface area contributed by atoms with Crippen molar-refractivity contribution in [3.63, 3.8) is 0 Å². The number of aliphatic hydroxyl groups excluding tert-OH is 1. The first-order valence-corrected chi connectivity index (χ1v) is 7.78. The first-order chi connectivity index (χ1) is 9.32. The maximum atomic E-state index is 12.4. The molecule has 0 aromatic heterocycles. The molecule has 1 aliphatic heterocycles. The summed E-state index contributed by atoms with van der Waals surface area (Å²) in [6, 6.07) is 5.15. The molecule has 1 aliphatic rings. The molecule has 0 amide bonds. The van der Waals surface area contributed by atoms with E-state index >= 15 is 0 Å². The van der Waals surface area contributed by atoms with E-state index < -0.39 is 22.1 Å². The lowest BCUT2D eigenvalue weighted by Crippen LogP contribution is -2.44. The Bertz CT molecular complexity index is 596. The second kappa shape index (κ2) is 5.51. The van der Waals surface area contributed by atoms with Crippen LogP contribution < -0.4 is 0 Å². The first kappa shape index (κ1) is 15.0. The number of benzene rings is 1. The summed E-state index contributed by atoms with van der Waals surface area (Å²) in [5, 5.41) is 18.4. The van der Waals surface area contributed by atoms with Crippen molar-refractivity contribution in [2.45, 2.75) is 24.3 Å². The van der Waals surface area contributed by atoms with Crippen LogP contribution in [0.4, 0.5) is 0 Å². The first-order valence-electron chi connectivity index (χ1n) is 6.34. The quantitative estimate of drug-likeness (QED) is 0.860. The molecule has 0 radical (unpaired) electrons. The Balaban J connectivity index is 2.24. The van der Waals surface area contributed by atoms with Crippen LogP contribution in [0.3, 0.4) is 0 Å². The average molecular weight is 299 g/mol. The second-order valence-corrected chi connectivity index (χ2v) is 6.96. The van der Waals surface area contributed by atoms with E-state index in [0.717, 1.165) is 0 Å². The molecule has 110 valence electrons. The highest BCUT2D eigenvalue weighted by molar-refractivity contribution is 7.89. The van der Waals surface area contributed by atoms with Crippen LogP contribution in [-0.2, 0) is 10.0 Å². The van der Waals surface area contributed by atoms with Crippen LogP contribution in [-0.4, -0.2) is 48.1 Å². The second-order valence-electron chi connectivity index (χ2n) is 5.03. The van der Waals surface area contributed by atoms with Crippen molar-refractivity contribution in [2.75, 3.05) is 13.1 Å². The van der Waals surface area contributed by atoms with Crippen LogP contribution in [0.25, 0.3) is 0 Å². The molecule has 2 atom stereocenters. The minimum Gasteiger partial charge on any atom is -0.478 e. The van der Waals surface area contributed by atoms with Gasteiger partial charge in [0.25, 0.3) is 0 Å². The van der Waals surface area contributed by atoms with Crippen molar-refractivity contribution in [2.24, 2.45) is 5.92 Å². The predicted molar refractivity (Wildman–Crippen MR) is 71.9 cm³/mol. The van der Waals surface area contributed by atoms with E-state index in [9.17, 15) is 18.3 Å². The lowest BCUT2D eigenvalue weighted by molar-refractivity contribution is 0.0628. The van der Waals surface area contributed by atoms with Gasteiger partial charge in [-0.3, -0.25) is 0 Å². The van der Waals surface area contributed by atoms with Gasteiger partial charge in [-0.1, -0.05) is 6.92 Å². The molecule has 2 rings (SSSR count). The van der Waals surface area contributed by atoms with E-state index in [1.54, 1.807) is 6.92 Å². The van der Waals surface area contributed by atoms with Gasteiger partial charge >= 0.3 is 5.97 Å². The van der Waals surface area contributed by atoms with E-state index in [4.69, 9.17) is 5.11 Å². The number of aromatic carboxylic acids is 1. The normalized spacial score (nSPS) is 24.5. The topological polar surface area (TPSA) is 94.9 Å². The Morgan fingerprint density at radius 3 is 2.40 bits per heavy atom. The molecule has 0 aliphatic carbocycles. The van der Waals surface area contributed by atoms with E-state index in [1.165, 1.54) is 28.6 Å². The number of sulfonamides is 1. The van der Waals surface area contributed by atoms with Gasteiger partial charge < -0.3 is 10.2 Å². The van der Waals surface area contributed by atoms with Crippen molar-refractivity contribution in [1.82, 2.24) is 4.31 Å². The number of hydrogen-bond donors (Lipinski definition) is 2. The van der Waals surface area contributed by atoms with E-state index in [1.807, 2.05) is 0 Å². The zero-order valence-corrected chi connectivity index (χ0v) is 11.9. The highest BCUT2D eigenvalue weighted by Crippen LogP contribution is 2.24. The third-order valence-corrected chi connectivity index (χ3v) is 5.44. The molecular weight excluding hydrogens is 282 g/mol. The standard InChI is InChI=1S/C13H17NO5S/c1-9-8-14(7-6-12(9)15)20(18,19)11-4-2-10(3-5-11)13(16)17/h2-5,9,12,15H,6-8H2,1H3,(H,16,17). The highest BCUT2D eigenvalue weighted by atomic mass is 32.2. The van der Waals surface area contributed by atoms with Gasteiger partial charge in [-0.15, -0.1) is 0 Å². The summed E-state index contributed by atoms with van der Waals surface area (Å²) in [7, 11) is -3.63. The number of piperidine rings is 1. The van der Waals surface area contributed by atoms with Gasteiger partial charge in [0.1, 0.15) is 0 Å². The van der Waals surface area contributed by atoms with Crippen LogP contribution in [0.2, 0.25) is 0 Å². The monoisotopic (exact) mass is 299 g/mol. The molecule has 1 heterocycles. The van der Waals surface area contributed by atoms with Crippen LogP contribution in [0.5, 0.6) is 0 Å². The summed E-state index contributed by atoms with van der Waals surface area (Å²) in [5.41, 5.74) is 0.0476. The van der Waals surface area contributed by atoms with Gasteiger partial charge in [0, 0.05) is 13.1 Å². The van der Waals surface area contributed by atoms with Crippen LogP contribution >= 0.6 is 0 Å². The summed E-state index contributed by atoms with van der Waals surface area (Å²) in [5.74, 6) is -1.21. The van der Waals surface area contributed by atoms with Crippen LogP contribution in [0.15, 0.2) is 29.2 Å². The van der Waals surface area contributed by atoms with Crippen molar-refractivity contribution in [1.29, 1.82) is 0 Å². The SMILES string of the molecule is CC1CN(S(=O)(=O)c2ccc(C(=O)O)cc2)CCC1O. The van der Waals surface area contributed by atoms with Gasteiger partial charge in [-0.05, 0) is 36.6 Å². The van der Waals surface area contributed by atoms with Crippen molar-refractivity contribution < 1.29 is 23.4 Å². The van der Waals surface area contributed by atoms with Gasteiger partial charge in [0.05, 0.1) is 16.6 Å². The molecule has 20 heavy (non-hydrogen) atoms. The van der Waals surface area contributed by atoms with Crippen LogP contribution in [0.1, 0.15) is 23.7 Å². The molecule has 0 saturated carbocycles. The third-order valence-electron chi connectivity index (χ3n) is 3.56. The number of carboxylic acids is 1.